The highest BCUT2D eigenvalue weighted by Gasteiger charge is 2.19. The number of nitrogens with one attached hydrogen (secondary N) is 1. The summed E-state index contributed by atoms with van der Waals surface area (Å²) in [5.74, 6) is 0.290. The normalized spacial score (nSPS) is 16.3. The lowest BCUT2D eigenvalue weighted by molar-refractivity contribution is -0.141. The van der Waals surface area contributed by atoms with E-state index in [0.29, 0.717) is 6.54 Å². The Labute approximate surface area is 106 Å². The van der Waals surface area contributed by atoms with Gasteiger partial charge in [0.15, 0.2) is 11.5 Å². The minimum absolute atomic E-state index is 0.0899. The zero-order chi connectivity index (χ0) is 13.1. The van der Waals surface area contributed by atoms with Crippen LogP contribution in [-0.2, 0) is 11.3 Å². The number of rotatable bonds is 5. The molecule has 2 rings (SSSR count). The van der Waals surface area contributed by atoms with E-state index in [1.54, 1.807) is 6.92 Å². The standard InChI is InChI=1S/C13H17NO4/c1-8(13(15)16)9(2)14-6-10-3-4-11-12(5-10)18-7-17-11/h3-5,8-9,14H,6-7H2,1-2H3,(H,15,16). The van der Waals surface area contributed by atoms with E-state index in [1.807, 2.05) is 25.1 Å². The summed E-state index contributed by atoms with van der Waals surface area (Å²) >= 11 is 0. The number of aliphatic carboxylic acids is 1. The van der Waals surface area contributed by atoms with Crippen molar-refractivity contribution in [3.63, 3.8) is 0 Å². The molecule has 5 nitrogen and oxygen atoms in total. The van der Waals surface area contributed by atoms with Gasteiger partial charge in [-0.05, 0) is 24.6 Å². The van der Waals surface area contributed by atoms with Gasteiger partial charge in [-0.3, -0.25) is 4.79 Å². The molecule has 1 aliphatic rings. The molecular formula is C13H17NO4. The Hall–Kier alpha value is -1.75. The highest BCUT2D eigenvalue weighted by molar-refractivity contribution is 5.70. The second-order valence-corrected chi connectivity index (χ2v) is 4.48. The van der Waals surface area contributed by atoms with E-state index in [-0.39, 0.29) is 12.8 Å². The molecule has 5 heteroatoms. The van der Waals surface area contributed by atoms with Gasteiger partial charge in [0.1, 0.15) is 0 Å². The second kappa shape index (κ2) is 5.27. The molecular weight excluding hydrogens is 234 g/mol. The lowest BCUT2D eigenvalue weighted by Crippen LogP contribution is -2.35. The summed E-state index contributed by atoms with van der Waals surface area (Å²) in [5, 5.41) is 12.1. The van der Waals surface area contributed by atoms with Gasteiger partial charge >= 0.3 is 5.97 Å². The SMILES string of the molecule is CC(NCc1ccc2c(c1)OCO2)C(C)C(=O)O. The molecule has 0 bridgehead atoms. The molecule has 0 fully saturated rings. The molecule has 0 saturated carbocycles. The van der Waals surface area contributed by atoms with Crippen molar-refractivity contribution in [1.29, 1.82) is 0 Å². The first-order valence-corrected chi connectivity index (χ1v) is 5.92. The van der Waals surface area contributed by atoms with Crippen LogP contribution in [-0.4, -0.2) is 23.9 Å². The number of hydrogen-bond acceptors (Lipinski definition) is 4. The number of fused-ring (bicyclic) bond motifs is 1. The van der Waals surface area contributed by atoms with Crippen molar-refractivity contribution in [2.75, 3.05) is 6.79 Å². The van der Waals surface area contributed by atoms with Gasteiger partial charge < -0.3 is 19.9 Å². The lowest BCUT2D eigenvalue weighted by atomic mass is 10.0. The van der Waals surface area contributed by atoms with Crippen molar-refractivity contribution in [3.05, 3.63) is 23.8 Å². The minimum Gasteiger partial charge on any atom is -0.481 e. The quantitative estimate of drug-likeness (QED) is 0.832. The van der Waals surface area contributed by atoms with E-state index in [2.05, 4.69) is 5.32 Å². The van der Waals surface area contributed by atoms with Gasteiger partial charge in [0.2, 0.25) is 6.79 Å². The number of ether oxygens (including phenoxy) is 2. The molecule has 1 heterocycles. The smallest absolute Gasteiger partial charge is 0.307 e. The summed E-state index contributed by atoms with van der Waals surface area (Å²) in [6, 6.07) is 5.63. The first kappa shape index (κ1) is 12.7. The molecule has 2 atom stereocenters. The first-order chi connectivity index (χ1) is 8.58. The maximum Gasteiger partial charge on any atom is 0.307 e. The van der Waals surface area contributed by atoms with Crippen molar-refractivity contribution in [1.82, 2.24) is 5.32 Å². The Kier molecular flexibility index (Phi) is 3.72. The molecule has 18 heavy (non-hydrogen) atoms. The maximum absolute atomic E-state index is 10.8. The van der Waals surface area contributed by atoms with E-state index >= 15 is 0 Å². The lowest BCUT2D eigenvalue weighted by Gasteiger charge is -2.17. The van der Waals surface area contributed by atoms with Gasteiger partial charge in [-0.15, -0.1) is 0 Å². The number of hydrogen-bond donors (Lipinski definition) is 2. The zero-order valence-corrected chi connectivity index (χ0v) is 10.5. The summed E-state index contributed by atoms with van der Waals surface area (Å²) < 4.78 is 10.5. The average molecular weight is 251 g/mol. The van der Waals surface area contributed by atoms with Crippen LogP contribution in [0.5, 0.6) is 11.5 Å². The molecule has 1 aliphatic heterocycles. The molecule has 0 aliphatic carbocycles. The molecule has 0 spiro atoms. The topological polar surface area (TPSA) is 67.8 Å². The summed E-state index contributed by atoms with van der Waals surface area (Å²) in [5.41, 5.74) is 1.05. The molecule has 0 aromatic heterocycles. The van der Waals surface area contributed by atoms with Gasteiger partial charge in [0.05, 0.1) is 5.92 Å². The van der Waals surface area contributed by atoms with Crippen LogP contribution in [0.2, 0.25) is 0 Å². The minimum atomic E-state index is -0.791. The monoisotopic (exact) mass is 251 g/mol. The van der Waals surface area contributed by atoms with Crippen LogP contribution in [0.3, 0.4) is 0 Å². The molecule has 0 radical (unpaired) electrons. The van der Waals surface area contributed by atoms with Crippen molar-refractivity contribution < 1.29 is 19.4 Å². The highest BCUT2D eigenvalue weighted by Crippen LogP contribution is 2.32. The fourth-order valence-corrected chi connectivity index (χ4v) is 1.72. The largest absolute Gasteiger partial charge is 0.481 e. The van der Waals surface area contributed by atoms with Crippen LogP contribution >= 0.6 is 0 Å². The molecule has 1 aromatic carbocycles. The van der Waals surface area contributed by atoms with E-state index in [1.165, 1.54) is 0 Å². The summed E-state index contributed by atoms with van der Waals surface area (Å²) in [7, 11) is 0. The van der Waals surface area contributed by atoms with E-state index in [9.17, 15) is 4.79 Å². The van der Waals surface area contributed by atoms with Crippen LogP contribution in [0.25, 0.3) is 0 Å². The summed E-state index contributed by atoms with van der Waals surface area (Å²) in [6.45, 7) is 4.43. The third-order valence-electron chi connectivity index (χ3n) is 3.20. The fraction of sp³-hybridized carbons (Fsp3) is 0.462. The summed E-state index contributed by atoms with van der Waals surface area (Å²) in [4.78, 5) is 10.8. The Bertz CT molecular complexity index is 447. The number of carboxylic acids is 1. The van der Waals surface area contributed by atoms with Crippen LogP contribution < -0.4 is 14.8 Å². The van der Waals surface area contributed by atoms with Crippen molar-refractivity contribution in [2.24, 2.45) is 5.92 Å². The van der Waals surface area contributed by atoms with Gasteiger partial charge in [-0.25, -0.2) is 0 Å². The maximum atomic E-state index is 10.8. The Morgan fingerprint density at radius 2 is 2.11 bits per heavy atom. The second-order valence-electron chi connectivity index (χ2n) is 4.48. The number of benzene rings is 1. The fourth-order valence-electron chi connectivity index (χ4n) is 1.72. The summed E-state index contributed by atoms with van der Waals surface area (Å²) in [6.07, 6.45) is 0. The zero-order valence-electron chi connectivity index (χ0n) is 10.5. The third-order valence-corrected chi connectivity index (χ3v) is 3.20. The molecule has 1 aromatic rings. The van der Waals surface area contributed by atoms with Gasteiger partial charge in [-0.1, -0.05) is 13.0 Å². The Morgan fingerprint density at radius 1 is 1.39 bits per heavy atom. The molecule has 2 unspecified atom stereocenters. The molecule has 0 saturated heterocycles. The van der Waals surface area contributed by atoms with Gasteiger partial charge in [-0.2, -0.15) is 0 Å². The van der Waals surface area contributed by atoms with E-state index in [0.717, 1.165) is 17.1 Å². The highest BCUT2D eigenvalue weighted by atomic mass is 16.7. The molecule has 98 valence electrons. The molecule has 0 amide bonds. The predicted molar refractivity (Wildman–Crippen MR) is 65.7 cm³/mol. The van der Waals surface area contributed by atoms with Crippen LogP contribution in [0, 0.1) is 5.92 Å². The van der Waals surface area contributed by atoms with E-state index in [4.69, 9.17) is 14.6 Å². The average Bonchev–Trinajstić information content (AvgIpc) is 2.82. The van der Waals surface area contributed by atoms with E-state index < -0.39 is 11.9 Å². The van der Waals surface area contributed by atoms with Gasteiger partial charge in [0, 0.05) is 12.6 Å². The van der Waals surface area contributed by atoms with Crippen molar-refractivity contribution >= 4 is 5.97 Å². The predicted octanol–water partition coefficient (Wildman–Crippen LogP) is 1.61. The Morgan fingerprint density at radius 3 is 2.83 bits per heavy atom. The van der Waals surface area contributed by atoms with Crippen molar-refractivity contribution in [3.8, 4) is 11.5 Å². The van der Waals surface area contributed by atoms with Gasteiger partial charge in [0.25, 0.3) is 0 Å². The van der Waals surface area contributed by atoms with Crippen LogP contribution in [0.4, 0.5) is 0 Å². The van der Waals surface area contributed by atoms with Crippen LogP contribution in [0.15, 0.2) is 18.2 Å². The third kappa shape index (κ3) is 2.73. The number of carbonyl (C=O) groups is 1. The molecule has 2 N–H and O–H groups in total. The van der Waals surface area contributed by atoms with Crippen molar-refractivity contribution in [2.45, 2.75) is 26.4 Å². The number of carboxylic acid groups (broad SMARTS) is 1. The first-order valence-electron chi connectivity index (χ1n) is 5.92. The Balaban J connectivity index is 1.92. The van der Waals surface area contributed by atoms with Crippen LogP contribution in [0.1, 0.15) is 19.4 Å².